The average Bonchev–Trinajstić information content (AvgIpc) is 2.82. The van der Waals surface area contributed by atoms with E-state index in [9.17, 15) is 13.2 Å². The fraction of sp³-hybridized carbons (Fsp3) is 0.545. The summed E-state index contributed by atoms with van der Waals surface area (Å²) in [6.07, 6.45) is 0. The van der Waals surface area contributed by atoms with E-state index < -0.39 is 21.9 Å². The molecule has 8 heteroatoms. The molecule has 0 bridgehead atoms. The second-order valence-corrected chi connectivity index (χ2v) is 9.26. The fourth-order valence-electron chi connectivity index (χ4n) is 2.27. The Kier molecular flexibility index (Phi) is 4.06. The van der Waals surface area contributed by atoms with E-state index >= 15 is 0 Å². The second-order valence-electron chi connectivity index (χ2n) is 4.71. The van der Waals surface area contributed by atoms with Crippen molar-refractivity contribution in [2.24, 2.45) is 11.8 Å². The SMILES string of the molecule is Cc1sc(Br)cc1S(=O)(=O)N1CC(C)C(C(=O)O)C1. The van der Waals surface area contributed by atoms with Gasteiger partial charge >= 0.3 is 5.97 Å². The molecule has 1 fully saturated rings. The lowest BCUT2D eigenvalue weighted by atomic mass is 9.99. The number of carbonyl (C=O) groups is 1. The molecule has 2 heterocycles. The van der Waals surface area contributed by atoms with Gasteiger partial charge in [0, 0.05) is 18.0 Å². The first-order valence-electron chi connectivity index (χ1n) is 5.72. The van der Waals surface area contributed by atoms with Crippen molar-refractivity contribution in [3.05, 3.63) is 14.7 Å². The molecule has 5 nitrogen and oxygen atoms in total. The number of nitrogens with zero attached hydrogens (tertiary/aromatic N) is 1. The molecule has 1 aliphatic heterocycles. The molecule has 1 aliphatic rings. The molecule has 0 spiro atoms. The van der Waals surface area contributed by atoms with E-state index in [1.165, 1.54) is 15.6 Å². The molecule has 1 aromatic heterocycles. The number of hydrogen-bond acceptors (Lipinski definition) is 4. The number of hydrogen-bond donors (Lipinski definition) is 1. The molecule has 1 N–H and O–H groups in total. The Labute approximate surface area is 124 Å². The first-order valence-corrected chi connectivity index (χ1v) is 8.77. The number of thiophene rings is 1. The highest BCUT2D eigenvalue weighted by Crippen LogP contribution is 2.34. The minimum atomic E-state index is -3.60. The third-order valence-electron chi connectivity index (χ3n) is 3.36. The van der Waals surface area contributed by atoms with E-state index in [2.05, 4.69) is 15.9 Å². The molecule has 1 aromatic rings. The maximum atomic E-state index is 12.5. The summed E-state index contributed by atoms with van der Waals surface area (Å²) in [5.74, 6) is -1.74. The van der Waals surface area contributed by atoms with Crippen LogP contribution in [0.3, 0.4) is 0 Å². The van der Waals surface area contributed by atoms with Gasteiger partial charge in [-0.25, -0.2) is 8.42 Å². The normalized spacial score (nSPS) is 24.8. The Balaban J connectivity index is 2.32. The van der Waals surface area contributed by atoms with Crippen LogP contribution in [0.2, 0.25) is 0 Å². The number of sulfonamides is 1. The summed E-state index contributed by atoms with van der Waals surface area (Å²) < 4.78 is 27.0. The van der Waals surface area contributed by atoms with Gasteiger partial charge in [0.15, 0.2) is 0 Å². The van der Waals surface area contributed by atoms with E-state index in [-0.39, 0.29) is 23.9 Å². The van der Waals surface area contributed by atoms with Crippen molar-refractivity contribution in [1.82, 2.24) is 4.31 Å². The lowest BCUT2D eigenvalue weighted by Gasteiger charge is -2.15. The Morgan fingerprint density at radius 2 is 2.16 bits per heavy atom. The van der Waals surface area contributed by atoms with E-state index in [1.807, 2.05) is 0 Å². The molecule has 2 atom stereocenters. The van der Waals surface area contributed by atoms with Gasteiger partial charge in [-0.1, -0.05) is 6.92 Å². The zero-order valence-corrected chi connectivity index (χ0v) is 13.7. The smallest absolute Gasteiger partial charge is 0.308 e. The molecule has 0 aliphatic carbocycles. The van der Waals surface area contributed by atoms with Crippen LogP contribution in [0, 0.1) is 18.8 Å². The minimum Gasteiger partial charge on any atom is -0.481 e. The van der Waals surface area contributed by atoms with Crippen LogP contribution >= 0.6 is 27.3 Å². The molecular weight excluding hydrogens is 354 g/mol. The van der Waals surface area contributed by atoms with Crippen LogP contribution in [0.4, 0.5) is 0 Å². The standard InChI is InChI=1S/C11H14BrNO4S2/c1-6-4-13(5-8(6)11(14)15)19(16,17)9-3-10(12)18-7(9)2/h3,6,8H,4-5H2,1-2H3,(H,14,15). The molecule has 106 valence electrons. The average molecular weight is 368 g/mol. The van der Waals surface area contributed by atoms with E-state index in [4.69, 9.17) is 5.11 Å². The maximum absolute atomic E-state index is 12.5. The van der Waals surface area contributed by atoms with E-state index in [1.54, 1.807) is 19.9 Å². The molecule has 1 saturated heterocycles. The van der Waals surface area contributed by atoms with Crippen LogP contribution in [0.25, 0.3) is 0 Å². The van der Waals surface area contributed by atoms with E-state index in [0.717, 1.165) is 3.79 Å². The molecule has 2 unspecified atom stereocenters. The monoisotopic (exact) mass is 367 g/mol. The molecule has 0 amide bonds. The largest absolute Gasteiger partial charge is 0.481 e. The second kappa shape index (κ2) is 5.16. The van der Waals surface area contributed by atoms with Crippen molar-refractivity contribution >= 4 is 43.3 Å². The van der Waals surface area contributed by atoms with Crippen molar-refractivity contribution in [3.8, 4) is 0 Å². The van der Waals surface area contributed by atoms with Crippen molar-refractivity contribution < 1.29 is 18.3 Å². The Morgan fingerprint density at radius 1 is 1.53 bits per heavy atom. The first kappa shape index (κ1) is 15.0. The zero-order chi connectivity index (χ0) is 14.4. The molecule has 0 saturated carbocycles. The van der Waals surface area contributed by atoms with Gasteiger partial charge in [-0.15, -0.1) is 11.3 Å². The van der Waals surface area contributed by atoms with E-state index in [0.29, 0.717) is 4.88 Å². The van der Waals surface area contributed by atoms with Crippen LogP contribution in [-0.4, -0.2) is 36.9 Å². The summed E-state index contributed by atoms with van der Waals surface area (Å²) in [5.41, 5.74) is 0. The highest BCUT2D eigenvalue weighted by atomic mass is 79.9. The number of aryl methyl sites for hydroxylation is 1. The highest BCUT2D eigenvalue weighted by molar-refractivity contribution is 9.11. The van der Waals surface area contributed by atoms with Gasteiger partial charge in [-0.2, -0.15) is 4.31 Å². The maximum Gasteiger partial charge on any atom is 0.308 e. The number of carboxylic acid groups (broad SMARTS) is 1. The zero-order valence-electron chi connectivity index (χ0n) is 10.5. The summed E-state index contributed by atoms with van der Waals surface area (Å²) >= 11 is 4.63. The van der Waals surface area contributed by atoms with Crippen LogP contribution < -0.4 is 0 Å². The number of rotatable bonds is 3. The van der Waals surface area contributed by atoms with Gasteiger partial charge < -0.3 is 5.11 Å². The van der Waals surface area contributed by atoms with Crippen LogP contribution in [0.15, 0.2) is 14.7 Å². The van der Waals surface area contributed by atoms with Crippen LogP contribution in [-0.2, 0) is 14.8 Å². The van der Waals surface area contributed by atoms with Crippen LogP contribution in [0.5, 0.6) is 0 Å². The molecule has 0 aromatic carbocycles. The van der Waals surface area contributed by atoms with Crippen molar-refractivity contribution in [2.75, 3.05) is 13.1 Å². The Morgan fingerprint density at radius 3 is 2.58 bits per heavy atom. The van der Waals surface area contributed by atoms with Gasteiger partial charge in [0.05, 0.1) is 14.6 Å². The summed E-state index contributed by atoms with van der Waals surface area (Å²) in [6.45, 7) is 3.82. The van der Waals surface area contributed by atoms with Gasteiger partial charge in [0.25, 0.3) is 0 Å². The number of aliphatic carboxylic acids is 1. The Hall–Kier alpha value is -0.440. The lowest BCUT2D eigenvalue weighted by molar-refractivity contribution is -0.142. The van der Waals surface area contributed by atoms with Crippen LogP contribution in [0.1, 0.15) is 11.8 Å². The molecule has 19 heavy (non-hydrogen) atoms. The quantitative estimate of drug-likeness (QED) is 0.887. The third-order valence-corrected chi connectivity index (χ3v) is 7.00. The van der Waals surface area contributed by atoms with Crippen molar-refractivity contribution in [1.29, 1.82) is 0 Å². The first-order chi connectivity index (χ1) is 8.73. The highest BCUT2D eigenvalue weighted by Gasteiger charge is 2.41. The van der Waals surface area contributed by atoms with Gasteiger partial charge in [-0.05, 0) is 34.8 Å². The number of halogens is 1. The van der Waals surface area contributed by atoms with Gasteiger partial charge in [0.1, 0.15) is 0 Å². The topological polar surface area (TPSA) is 74.7 Å². The fourth-order valence-corrected chi connectivity index (χ4v) is 6.22. The van der Waals surface area contributed by atoms with Gasteiger partial charge in [-0.3, -0.25) is 4.79 Å². The molecule has 0 radical (unpaired) electrons. The summed E-state index contributed by atoms with van der Waals surface area (Å²) in [4.78, 5) is 12.0. The molecular formula is C11H14BrNO4S2. The summed E-state index contributed by atoms with van der Waals surface area (Å²) in [7, 11) is -3.60. The summed E-state index contributed by atoms with van der Waals surface area (Å²) in [5, 5.41) is 9.07. The Bertz CT molecular complexity index is 610. The van der Waals surface area contributed by atoms with Crippen molar-refractivity contribution in [3.63, 3.8) is 0 Å². The predicted molar refractivity (Wildman–Crippen MR) is 75.8 cm³/mol. The molecule has 2 rings (SSSR count). The number of carboxylic acids is 1. The summed E-state index contributed by atoms with van der Waals surface area (Å²) in [6, 6.07) is 1.58. The van der Waals surface area contributed by atoms with Gasteiger partial charge in [0.2, 0.25) is 10.0 Å². The van der Waals surface area contributed by atoms with Crippen molar-refractivity contribution in [2.45, 2.75) is 18.7 Å². The lowest BCUT2D eigenvalue weighted by Crippen LogP contribution is -2.30. The predicted octanol–water partition coefficient (Wildman–Crippen LogP) is 2.16. The minimum absolute atomic E-state index is 0.0474. The third kappa shape index (κ3) is 2.72.